The van der Waals surface area contributed by atoms with Crippen LogP contribution in [0.3, 0.4) is 0 Å². The van der Waals surface area contributed by atoms with Gasteiger partial charge in [-0.15, -0.1) is 0 Å². The zero-order valence-electron chi connectivity index (χ0n) is 29.9. The molecule has 0 aromatic rings. The van der Waals surface area contributed by atoms with Gasteiger partial charge in [-0.1, -0.05) is 96.8 Å². The van der Waals surface area contributed by atoms with Crippen molar-refractivity contribution in [2.24, 2.45) is 5.41 Å². The van der Waals surface area contributed by atoms with Crippen molar-refractivity contribution in [3.63, 3.8) is 0 Å². The van der Waals surface area contributed by atoms with Crippen molar-refractivity contribution in [2.75, 3.05) is 26.4 Å². The maximum absolute atomic E-state index is 10.3. The highest BCUT2D eigenvalue weighted by Crippen LogP contribution is 2.14. The van der Waals surface area contributed by atoms with E-state index in [1.807, 2.05) is 0 Å². The molecule has 9 N–H and O–H groups in total. The van der Waals surface area contributed by atoms with E-state index in [0.29, 0.717) is 32.1 Å². The van der Waals surface area contributed by atoms with Gasteiger partial charge in [0, 0.05) is 32.1 Å². The van der Waals surface area contributed by atoms with Gasteiger partial charge in [-0.05, 0) is 32.1 Å². The Morgan fingerprint density at radius 3 is 0.633 bits per heavy atom. The molecule has 292 valence electrons. The molecular formula is C35H68O14. The summed E-state index contributed by atoms with van der Waals surface area (Å²) < 4.78 is 0. The molecule has 0 atom stereocenters. The fourth-order valence-corrected chi connectivity index (χ4v) is 4.05. The molecule has 0 saturated heterocycles. The Hall–Kier alpha value is -2.81. The second-order valence-corrected chi connectivity index (χ2v) is 12.2. The maximum atomic E-state index is 10.3. The van der Waals surface area contributed by atoms with E-state index in [4.69, 9.17) is 46.0 Å². The van der Waals surface area contributed by atoms with E-state index in [2.05, 4.69) is 6.92 Å². The first-order valence-corrected chi connectivity index (χ1v) is 17.8. The first-order chi connectivity index (χ1) is 23.3. The number of hydrogen-bond donors (Lipinski definition) is 9. The van der Waals surface area contributed by atoms with Crippen LogP contribution < -0.4 is 0 Å². The molecule has 0 spiro atoms. The quantitative estimate of drug-likeness (QED) is 0.0404. The highest BCUT2D eigenvalue weighted by molar-refractivity contribution is 5.68. The van der Waals surface area contributed by atoms with Crippen molar-refractivity contribution in [3.05, 3.63) is 0 Å². The molecular weight excluding hydrogens is 644 g/mol. The third kappa shape index (κ3) is 52.2. The summed E-state index contributed by atoms with van der Waals surface area (Å²) in [5, 5.41) is 75.0. The lowest BCUT2D eigenvalue weighted by Crippen LogP contribution is -2.37. The van der Waals surface area contributed by atoms with Gasteiger partial charge in [0.1, 0.15) is 0 Å². The van der Waals surface area contributed by atoms with Gasteiger partial charge in [0.25, 0.3) is 0 Å². The summed E-state index contributed by atoms with van der Waals surface area (Å²) in [5.41, 5.74) is -1.11. The van der Waals surface area contributed by atoms with E-state index in [0.717, 1.165) is 12.8 Å². The van der Waals surface area contributed by atoms with Crippen molar-refractivity contribution in [2.45, 2.75) is 161 Å². The van der Waals surface area contributed by atoms with E-state index < -0.39 is 61.7 Å². The largest absolute Gasteiger partial charge is 0.481 e. The number of unbranched alkanes of at least 4 members (excludes halogenated alkanes) is 16. The van der Waals surface area contributed by atoms with Gasteiger partial charge < -0.3 is 46.0 Å². The topological polar surface area (TPSA) is 267 Å². The Bertz CT molecular complexity index is 703. The normalized spacial score (nSPS) is 10.4. The van der Waals surface area contributed by atoms with Crippen LogP contribution in [0.25, 0.3) is 0 Å². The molecule has 0 aromatic carbocycles. The first kappa shape index (κ1) is 53.0. The van der Waals surface area contributed by atoms with Crippen molar-refractivity contribution < 1.29 is 69.9 Å². The lowest BCUT2D eigenvalue weighted by atomic mass is 9.93. The van der Waals surface area contributed by atoms with Crippen LogP contribution in [0.1, 0.15) is 161 Å². The van der Waals surface area contributed by atoms with Crippen LogP contribution in [0.2, 0.25) is 0 Å². The minimum Gasteiger partial charge on any atom is -0.481 e. The van der Waals surface area contributed by atoms with Crippen LogP contribution in [0.15, 0.2) is 0 Å². The fourth-order valence-electron chi connectivity index (χ4n) is 4.05. The third-order valence-corrected chi connectivity index (χ3v) is 7.40. The van der Waals surface area contributed by atoms with Gasteiger partial charge in [0.15, 0.2) is 0 Å². The van der Waals surface area contributed by atoms with E-state index in [9.17, 15) is 24.0 Å². The Labute approximate surface area is 292 Å². The Balaban J connectivity index is -0.000000296. The van der Waals surface area contributed by atoms with Crippen LogP contribution >= 0.6 is 0 Å². The molecule has 49 heavy (non-hydrogen) atoms. The lowest BCUT2D eigenvalue weighted by molar-refractivity contribution is -0.139. The molecule has 14 heteroatoms. The number of aliphatic carboxylic acids is 5. The summed E-state index contributed by atoms with van der Waals surface area (Å²) in [6.45, 7) is 0.645. The Morgan fingerprint density at radius 1 is 0.327 bits per heavy atom. The van der Waals surface area contributed by atoms with Crippen LogP contribution in [0.4, 0.5) is 0 Å². The van der Waals surface area contributed by atoms with Crippen molar-refractivity contribution in [3.8, 4) is 0 Å². The minimum absolute atomic E-state index is 0.0628. The Kier molecular flexibility index (Phi) is 44.7. The second kappa shape index (κ2) is 41.4. The average molecular weight is 713 g/mol. The van der Waals surface area contributed by atoms with Crippen LogP contribution in [0, 0.1) is 5.41 Å². The zero-order valence-corrected chi connectivity index (χ0v) is 29.9. The highest BCUT2D eigenvalue weighted by Gasteiger charge is 2.26. The van der Waals surface area contributed by atoms with Crippen molar-refractivity contribution in [1.29, 1.82) is 0 Å². The second-order valence-electron chi connectivity index (χ2n) is 12.2. The number of rotatable bonds is 30. The number of hydrogen-bond acceptors (Lipinski definition) is 9. The van der Waals surface area contributed by atoms with Crippen LogP contribution in [0.5, 0.6) is 0 Å². The highest BCUT2D eigenvalue weighted by atomic mass is 16.4. The smallest absolute Gasteiger partial charge is 0.303 e. The molecule has 0 unspecified atom stereocenters. The van der Waals surface area contributed by atoms with E-state index in [1.165, 1.54) is 83.5 Å². The lowest BCUT2D eigenvalue weighted by Gasteiger charge is -2.23. The van der Waals surface area contributed by atoms with Gasteiger partial charge in [-0.2, -0.15) is 0 Å². The van der Waals surface area contributed by atoms with Crippen molar-refractivity contribution in [1.82, 2.24) is 0 Å². The van der Waals surface area contributed by atoms with Gasteiger partial charge in [0.05, 0.1) is 31.8 Å². The van der Waals surface area contributed by atoms with Gasteiger partial charge in [0.2, 0.25) is 0 Å². The third-order valence-electron chi connectivity index (χ3n) is 7.40. The fraction of sp³-hybridized carbons (Fsp3) is 0.857. The summed E-state index contributed by atoms with van der Waals surface area (Å²) in [4.78, 5) is 49.9. The monoisotopic (exact) mass is 712 g/mol. The summed E-state index contributed by atoms with van der Waals surface area (Å²) >= 11 is 0. The van der Waals surface area contributed by atoms with Gasteiger partial charge in [-0.25, -0.2) is 0 Å². The van der Waals surface area contributed by atoms with Crippen LogP contribution in [-0.4, -0.2) is 102 Å². The molecule has 0 amide bonds. The standard InChI is InChI=1S/C18H36O2.2C6H10O4.C5H12O4/c1-2-3-4-5-6-7-8-9-10-11-12-13-14-15-16-17-18(19)20;2*7-5(8)3-1-2-4-6(9)10;6-1-5(2-7,3-8)4-9/h2-17H2,1H3,(H,19,20);2*1-4H2,(H,7,8)(H,9,10);6-9H,1-4H2. The molecule has 0 aliphatic carbocycles. The zero-order chi connectivity index (χ0) is 38.2. The Morgan fingerprint density at radius 2 is 0.490 bits per heavy atom. The van der Waals surface area contributed by atoms with Gasteiger partial charge in [-0.3, -0.25) is 24.0 Å². The number of carboxylic acids is 5. The number of aliphatic hydroxyl groups excluding tert-OH is 4. The van der Waals surface area contributed by atoms with E-state index in [1.54, 1.807) is 0 Å². The van der Waals surface area contributed by atoms with E-state index >= 15 is 0 Å². The van der Waals surface area contributed by atoms with Crippen molar-refractivity contribution >= 4 is 29.8 Å². The molecule has 0 rings (SSSR count). The average Bonchev–Trinajstić information content (AvgIpc) is 3.05. The summed E-state index contributed by atoms with van der Waals surface area (Å²) in [5.74, 6) is -4.13. The molecule has 0 heterocycles. The number of aliphatic hydroxyl groups is 4. The predicted molar refractivity (Wildman–Crippen MR) is 185 cm³/mol. The maximum Gasteiger partial charge on any atom is 0.303 e. The van der Waals surface area contributed by atoms with E-state index in [-0.39, 0.29) is 25.7 Å². The molecule has 0 radical (unpaired) electrons. The number of carboxylic acid groups (broad SMARTS) is 5. The summed E-state index contributed by atoms with van der Waals surface area (Å²) in [6.07, 6.45) is 22.2. The summed E-state index contributed by atoms with van der Waals surface area (Å²) in [7, 11) is 0. The molecule has 0 saturated carbocycles. The molecule has 14 nitrogen and oxygen atoms in total. The SMILES string of the molecule is CCCCCCCCCCCCCCCCCC(=O)O.O=C(O)CCCCC(=O)O.O=C(O)CCCCC(=O)O.OCC(CO)(CO)CO. The molecule has 0 aliphatic rings. The minimum atomic E-state index is -1.11. The first-order valence-electron chi connectivity index (χ1n) is 17.8. The molecule has 0 bridgehead atoms. The predicted octanol–water partition coefficient (Wildman–Crippen LogP) is 5.71. The van der Waals surface area contributed by atoms with Gasteiger partial charge >= 0.3 is 29.8 Å². The number of carbonyl (C=O) groups is 5. The molecule has 0 aliphatic heterocycles. The molecule has 0 fully saturated rings. The molecule has 0 aromatic heterocycles. The summed E-state index contributed by atoms with van der Waals surface area (Å²) in [6, 6.07) is 0. The van der Waals surface area contributed by atoms with Crippen LogP contribution in [-0.2, 0) is 24.0 Å².